The fraction of sp³-hybridized carbons (Fsp3) is 0.333. The van der Waals surface area contributed by atoms with Crippen LogP contribution < -0.4 is 4.74 Å². The molecule has 1 aromatic carbocycles. The number of carbonyl (C=O) groups excluding carboxylic acids is 1. The molecule has 2 rings (SSSR count). The van der Waals surface area contributed by atoms with Crippen LogP contribution in [0.15, 0.2) is 36.7 Å². The largest absolute Gasteiger partial charge is 0.435 e. The topological polar surface area (TPSA) is 44.1 Å². The quantitative estimate of drug-likeness (QED) is 0.736. The van der Waals surface area contributed by atoms with Crippen molar-refractivity contribution in [1.82, 2.24) is 9.55 Å². The van der Waals surface area contributed by atoms with E-state index in [4.69, 9.17) is 0 Å². The lowest BCUT2D eigenvalue weighted by atomic mass is 10.1. The summed E-state index contributed by atoms with van der Waals surface area (Å²) in [5.74, 6) is 0.466. The van der Waals surface area contributed by atoms with Crippen LogP contribution in [0.3, 0.4) is 0 Å². The molecular weight excluding hydrogens is 278 g/mol. The minimum atomic E-state index is -2.90. The Morgan fingerprint density at radius 3 is 2.95 bits per heavy atom. The van der Waals surface area contributed by atoms with E-state index in [0.717, 1.165) is 13.0 Å². The van der Waals surface area contributed by atoms with Gasteiger partial charge in [0.2, 0.25) is 0 Å². The van der Waals surface area contributed by atoms with Crippen molar-refractivity contribution in [1.29, 1.82) is 0 Å². The molecule has 0 aliphatic heterocycles. The summed E-state index contributed by atoms with van der Waals surface area (Å²) in [5, 5.41) is 0. The van der Waals surface area contributed by atoms with Crippen LogP contribution in [0.25, 0.3) is 0 Å². The molecule has 1 aromatic heterocycles. The Morgan fingerprint density at radius 1 is 1.43 bits per heavy atom. The minimum absolute atomic E-state index is 0.0206. The van der Waals surface area contributed by atoms with Gasteiger partial charge in [0, 0.05) is 24.5 Å². The number of nitrogens with zero attached hydrogens (tertiary/aromatic N) is 2. The maximum Gasteiger partial charge on any atom is 0.387 e. The van der Waals surface area contributed by atoms with Crippen LogP contribution in [-0.4, -0.2) is 21.9 Å². The van der Waals surface area contributed by atoms with Crippen LogP contribution >= 0.6 is 0 Å². The summed E-state index contributed by atoms with van der Waals surface area (Å²) < 4.78 is 30.6. The number of hydrogen-bond acceptors (Lipinski definition) is 3. The van der Waals surface area contributed by atoms with Crippen molar-refractivity contribution in [2.75, 3.05) is 0 Å². The number of aromatic nitrogens is 2. The Hall–Kier alpha value is -2.24. The smallest absolute Gasteiger partial charge is 0.387 e. The van der Waals surface area contributed by atoms with E-state index in [2.05, 4.69) is 9.72 Å². The molecule has 112 valence electrons. The Bertz CT molecular complexity index is 611. The Balaban J connectivity index is 2.11. The molecule has 0 aliphatic rings. The predicted octanol–water partition coefficient (Wildman–Crippen LogP) is 3.32. The van der Waals surface area contributed by atoms with Gasteiger partial charge in [0.25, 0.3) is 0 Å². The molecule has 0 spiro atoms. The molecule has 0 saturated heterocycles. The highest BCUT2D eigenvalue weighted by Crippen LogP contribution is 2.17. The third-order valence-corrected chi connectivity index (χ3v) is 2.97. The van der Waals surface area contributed by atoms with Gasteiger partial charge in [-0.25, -0.2) is 4.98 Å². The monoisotopic (exact) mass is 294 g/mol. The molecule has 0 bridgehead atoms. The molecular formula is C15H16F2N2O2. The number of alkyl halides is 2. The normalized spacial score (nSPS) is 10.9. The standard InChI is InChI=1S/C15H16F2N2O2/c1-2-7-19-8-6-18-14(19)10-13(20)11-4-3-5-12(9-11)21-15(16)17/h3-6,8-9,15H,2,7,10H2,1H3. The van der Waals surface area contributed by atoms with E-state index in [9.17, 15) is 13.6 Å². The predicted molar refractivity (Wildman–Crippen MR) is 73.6 cm³/mol. The first-order valence-electron chi connectivity index (χ1n) is 6.68. The third kappa shape index (κ3) is 4.11. The van der Waals surface area contributed by atoms with Crippen LogP contribution in [0.4, 0.5) is 8.78 Å². The number of ether oxygens (including phenoxy) is 1. The van der Waals surface area contributed by atoms with Crippen molar-refractivity contribution >= 4 is 5.78 Å². The van der Waals surface area contributed by atoms with E-state index in [1.807, 2.05) is 17.7 Å². The fourth-order valence-electron chi connectivity index (χ4n) is 2.04. The summed E-state index contributed by atoms with van der Waals surface area (Å²) >= 11 is 0. The summed E-state index contributed by atoms with van der Waals surface area (Å²) in [5.41, 5.74) is 0.333. The molecule has 4 nitrogen and oxygen atoms in total. The highest BCUT2D eigenvalue weighted by Gasteiger charge is 2.13. The van der Waals surface area contributed by atoms with E-state index >= 15 is 0 Å². The molecule has 2 aromatic rings. The van der Waals surface area contributed by atoms with E-state index in [1.54, 1.807) is 12.3 Å². The SMILES string of the molecule is CCCn1ccnc1CC(=O)c1cccc(OC(F)F)c1. The van der Waals surface area contributed by atoms with Crippen molar-refractivity contribution in [2.24, 2.45) is 0 Å². The first-order chi connectivity index (χ1) is 10.1. The van der Waals surface area contributed by atoms with Crippen LogP contribution in [-0.2, 0) is 13.0 Å². The highest BCUT2D eigenvalue weighted by atomic mass is 19.3. The van der Waals surface area contributed by atoms with E-state index in [1.165, 1.54) is 18.2 Å². The average Bonchev–Trinajstić information content (AvgIpc) is 2.86. The van der Waals surface area contributed by atoms with Crippen molar-refractivity contribution in [2.45, 2.75) is 32.9 Å². The van der Waals surface area contributed by atoms with Gasteiger partial charge in [-0.2, -0.15) is 8.78 Å². The Kier molecular flexibility index (Phi) is 5.03. The number of rotatable bonds is 7. The number of hydrogen-bond donors (Lipinski definition) is 0. The van der Waals surface area contributed by atoms with Gasteiger partial charge in [0.15, 0.2) is 5.78 Å². The molecule has 21 heavy (non-hydrogen) atoms. The lowest BCUT2D eigenvalue weighted by molar-refractivity contribution is -0.0498. The lowest BCUT2D eigenvalue weighted by Gasteiger charge is -2.08. The average molecular weight is 294 g/mol. The Morgan fingerprint density at radius 2 is 2.24 bits per heavy atom. The van der Waals surface area contributed by atoms with Gasteiger partial charge in [-0.05, 0) is 18.6 Å². The van der Waals surface area contributed by atoms with Crippen LogP contribution in [0.2, 0.25) is 0 Å². The second-order valence-corrected chi connectivity index (χ2v) is 4.54. The number of halogens is 2. The molecule has 0 amide bonds. The van der Waals surface area contributed by atoms with Gasteiger partial charge in [0.05, 0.1) is 6.42 Å². The maximum absolute atomic E-state index is 12.2. The molecule has 0 unspecified atom stereocenters. The van der Waals surface area contributed by atoms with Crippen molar-refractivity contribution in [3.05, 3.63) is 48.0 Å². The van der Waals surface area contributed by atoms with Gasteiger partial charge in [-0.15, -0.1) is 0 Å². The minimum Gasteiger partial charge on any atom is -0.435 e. The number of benzene rings is 1. The zero-order chi connectivity index (χ0) is 15.2. The van der Waals surface area contributed by atoms with Crippen LogP contribution in [0.1, 0.15) is 29.5 Å². The van der Waals surface area contributed by atoms with Gasteiger partial charge in [-0.1, -0.05) is 19.1 Å². The van der Waals surface area contributed by atoms with Gasteiger partial charge in [-0.3, -0.25) is 4.79 Å². The summed E-state index contributed by atoms with van der Waals surface area (Å²) in [7, 11) is 0. The number of aryl methyl sites for hydroxylation is 1. The number of ketones is 1. The molecule has 0 aliphatic carbocycles. The fourth-order valence-corrected chi connectivity index (χ4v) is 2.04. The molecule has 0 atom stereocenters. The van der Waals surface area contributed by atoms with Crippen molar-refractivity contribution < 1.29 is 18.3 Å². The summed E-state index contributed by atoms with van der Waals surface area (Å²) in [6.45, 7) is -0.0766. The first-order valence-corrected chi connectivity index (χ1v) is 6.68. The molecule has 1 heterocycles. The number of carbonyl (C=O) groups is 1. The first kappa shape index (κ1) is 15.2. The maximum atomic E-state index is 12.2. The van der Waals surface area contributed by atoms with Crippen molar-refractivity contribution in [3.8, 4) is 5.75 Å². The van der Waals surface area contributed by atoms with Crippen LogP contribution in [0.5, 0.6) is 5.75 Å². The molecule has 0 saturated carbocycles. The summed E-state index contributed by atoms with van der Waals surface area (Å²) in [6, 6.07) is 5.81. The van der Waals surface area contributed by atoms with Crippen LogP contribution in [0, 0.1) is 0 Å². The lowest BCUT2D eigenvalue weighted by Crippen LogP contribution is -2.10. The summed E-state index contributed by atoms with van der Waals surface area (Å²) in [6.07, 6.45) is 4.54. The van der Waals surface area contributed by atoms with E-state index in [-0.39, 0.29) is 18.0 Å². The second kappa shape index (κ2) is 6.97. The zero-order valence-electron chi connectivity index (χ0n) is 11.6. The number of Topliss-reactive ketones (excluding diaryl/α,β-unsaturated/α-hetero) is 1. The van der Waals surface area contributed by atoms with E-state index < -0.39 is 6.61 Å². The molecule has 0 N–H and O–H groups in total. The van der Waals surface area contributed by atoms with Gasteiger partial charge in [0.1, 0.15) is 11.6 Å². The van der Waals surface area contributed by atoms with Gasteiger partial charge < -0.3 is 9.30 Å². The van der Waals surface area contributed by atoms with E-state index in [0.29, 0.717) is 11.4 Å². The van der Waals surface area contributed by atoms with Gasteiger partial charge >= 0.3 is 6.61 Å². The summed E-state index contributed by atoms with van der Waals surface area (Å²) in [4.78, 5) is 16.4. The highest BCUT2D eigenvalue weighted by molar-refractivity contribution is 5.97. The number of imidazole rings is 1. The molecule has 0 radical (unpaired) electrons. The zero-order valence-corrected chi connectivity index (χ0v) is 11.6. The molecule has 0 fully saturated rings. The molecule has 6 heteroatoms. The second-order valence-electron chi connectivity index (χ2n) is 4.54. The van der Waals surface area contributed by atoms with Crippen molar-refractivity contribution in [3.63, 3.8) is 0 Å². The third-order valence-electron chi connectivity index (χ3n) is 2.97. The Labute approximate surface area is 121 Å².